The topological polar surface area (TPSA) is 47.8 Å². The SMILES string of the molecule is CCn1cc(C=O)c(-c2cnc3ccsc3c2)n1. The van der Waals surface area contributed by atoms with Gasteiger partial charge in [-0.1, -0.05) is 0 Å². The predicted molar refractivity (Wildman–Crippen MR) is 71.9 cm³/mol. The standard InChI is InChI=1S/C13H11N3OS/c1-2-16-7-10(8-17)13(15-16)9-5-12-11(14-6-9)3-4-18-12/h3-8H,2H2,1H3. The summed E-state index contributed by atoms with van der Waals surface area (Å²) in [6.45, 7) is 2.74. The van der Waals surface area contributed by atoms with E-state index in [1.54, 1.807) is 28.4 Å². The number of thiophene rings is 1. The minimum absolute atomic E-state index is 0.606. The molecule has 0 aliphatic carbocycles. The Bertz CT molecular complexity index is 714. The van der Waals surface area contributed by atoms with Crippen molar-refractivity contribution >= 4 is 27.8 Å². The molecule has 0 aliphatic rings. The maximum Gasteiger partial charge on any atom is 0.153 e. The molecular formula is C13H11N3OS. The lowest BCUT2D eigenvalue weighted by molar-refractivity contribution is 0.112. The highest BCUT2D eigenvalue weighted by Gasteiger charge is 2.11. The lowest BCUT2D eigenvalue weighted by Crippen LogP contribution is -1.93. The van der Waals surface area contributed by atoms with Crippen molar-refractivity contribution in [2.75, 3.05) is 0 Å². The summed E-state index contributed by atoms with van der Waals surface area (Å²) < 4.78 is 2.87. The summed E-state index contributed by atoms with van der Waals surface area (Å²) in [7, 11) is 0. The Morgan fingerprint density at radius 2 is 2.39 bits per heavy atom. The number of carbonyl (C=O) groups is 1. The first-order valence-corrected chi connectivity index (χ1v) is 6.56. The molecule has 0 saturated carbocycles. The molecular weight excluding hydrogens is 246 g/mol. The summed E-state index contributed by atoms with van der Waals surface area (Å²) in [6.07, 6.45) is 4.37. The van der Waals surface area contributed by atoms with E-state index in [0.717, 1.165) is 28.6 Å². The summed E-state index contributed by atoms with van der Waals surface area (Å²) in [4.78, 5) is 15.4. The highest BCUT2D eigenvalue weighted by Crippen LogP contribution is 2.26. The third-order valence-corrected chi connectivity index (χ3v) is 3.67. The second-order valence-electron chi connectivity index (χ2n) is 3.93. The quantitative estimate of drug-likeness (QED) is 0.678. The van der Waals surface area contributed by atoms with Gasteiger partial charge in [-0.25, -0.2) is 0 Å². The highest BCUT2D eigenvalue weighted by molar-refractivity contribution is 7.17. The van der Waals surface area contributed by atoms with Crippen molar-refractivity contribution in [2.45, 2.75) is 13.5 Å². The molecule has 0 saturated heterocycles. The number of carbonyl (C=O) groups excluding carboxylic acids is 1. The zero-order valence-corrected chi connectivity index (χ0v) is 10.6. The van der Waals surface area contributed by atoms with Gasteiger partial charge in [0.25, 0.3) is 0 Å². The van der Waals surface area contributed by atoms with Crippen LogP contribution >= 0.6 is 11.3 Å². The Morgan fingerprint density at radius 1 is 1.50 bits per heavy atom. The molecule has 0 atom stereocenters. The second-order valence-corrected chi connectivity index (χ2v) is 4.88. The number of nitrogens with zero attached hydrogens (tertiary/aromatic N) is 3. The summed E-state index contributed by atoms with van der Waals surface area (Å²) in [6, 6.07) is 4.01. The first-order valence-electron chi connectivity index (χ1n) is 5.68. The monoisotopic (exact) mass is 257 g/mol. The Morgan fingerprint density at radius 3 is 3.17 bits per heavy atom. The van der Waals surface area contributed by atoms with Crippen molar-refractivity contribution in [1.29, 1.82) is 0 Å². The molecule has 0 fully saturated rings. The van der Waals surface area contributed by atoms with Gasteiger partial charge in [-0.15, -0.1) is 11.3 Å². The van der Waals surface area contributed by atoms with Gasteiger partial charge in [0, 0.05) is 24.5 Å². The fraction of sp³-hybridized carbons (Fsp3) is 0.154. The zero-order chi connectivity index (χ0) is 12.5. The number of fused-ring (bicyclic) bond motifs is 1. The van der Waals surface area contributed by atoms with E-state index < -0.39 is 0 Å². The second kappa shape index (κ2) is 4.34. The fourth-order valence-corrected chi connectivity index (χ4v) is 2.67. The Balaban J connectivity index is 2.17. The number of aryl methyl sites for hydroxylation is 1. The predicted octanol–water partition coefficient (Wildman–Crippen LogP) is 2.99. The lowest BCUT2D eigenvalue weighted by atomic mass is 10.1. The lowest BCUT2D eigenvalue weighted by Gasteiger charge is -1.98. The molecule has 3 rings (SSSR count). The van der Waals surface area contributed by atoms with Crippen molar-refractivity contribution in [3.8, 4) is 11.3 Å². The average Bonchev–Trinajstić information content (AvgIpc) is 3.03. The molecule has 3 aromatic heterocycles. The van der Waals surface area contributed by atoms with E-state index in [9.17, 15) is 4.79 Å². The molecule has 3 heterocycles. The minimum Gasteiger partial charge on any atom is -0.298 e. The number of pyridine rings is 1. The van der Waals surface area contributed by atoms with Crippen molar-refractivity contribution in [2.24, 2.45) is 0 Å². The van der Waals surface area contributed by atoms with E-state index in [1.807, 2.05) is 24.4 Å². The molecule has 0 aromatic carbocycles. The van der Waals surface area contributed by atoms with Gasteiger partial charge in [-0.05, 0) is 24.4 Å². The molecule has 5 heteroatoms. The molecule has 0 radical (unpaired) electrons. The minimum atomic E-state index is 0.606. The molecule has 0 unspecified atom stereocenters. The van der Waals surface area contributed by atoms with Gasteiger partial charge in [0.1, 0.15) is 5.69 Å². The van der Waals surface area contributed by atoms with Crippen molar-refractivity contribution in [3.63, 3.8) is 0 Å². The number of aldehydes is 1. The van der Waals surface area contributed by atoms with Gasteiger partial charge >= 0.3 is 0 Å². The largest absolute Gasteiger partial charge is 0.298 e. The first kappa shape index (κ1) is 11.1. The Hall–Kier alpha value is -2.01. The van der Waals surface area contributed by atoms with Crippen LogP contribution in [0.5, 0.6) is 0 Å². The normalized spacial score (nSPS) is 10.9. The molecule has 90 valence electrons. The number of hydrogen-bond acceptors (Lipinski definition) is 4. The van der Waals surface area contributed by atoms with Gasteiger partial charge in [0.05, 0.1) is 15.8 Å². The van der Waals surface area contributed by atoms with Crippen LogP contribution in [0.3, 0.4) is 0 Å². The molecule has 3 aromatic rings. The molecule has 0 N–H and O–H groups in total. The molecule has 0 amide bonds. The van der Waals surface area contributed by atoms with Crippen LogP contribution in [0, 0.1) is 0 Å². The zero-order valence-electron chi connectivity index (χ0n) is 9.83. The van der Waals surface area contributed by atoms with Gasteiger partial charge in [0.15, 0.2) is 6.29 Å². The van der Waals surface area contributed by atoms with Crippen molar-refractivity contribution < 1.29 is 4.79 Å². The van der Waals surface area contributed by atoms with Gasteiger partial charge < -0.3 is 0 Å². The van der Waals surface area contributed by atoms with E-state index in [-0.39, 0.29) is 0 Å². The van der Waals surface area contributed by atoms with Crippen molar-refractivity contribution in [3.05, 3.63) is 35.5 Å². The van der Waals surface area contributed by atoms with E-state index in [4.69, 9.17) is 0 Å². The van der Waals surface area contributed by atoms with Crippen LogP contribution in [-0.2, 0) is 6.54 Å². The van der Waals surface area contributed by atoms with E-state index in [0.29, 0.717) is 11.3 Å². The third-order valence-electron chi connectivity index (χ3n) is 2.82. The van der Waals surface area contributed by atoms with Crippen LogP contribution < -0.4 is 0 Å². The van der Waals surface area contributed by atoms with Crippen LogP contribution in [0.25, 0.3) is 21.5 Å². The Labute approximate surface area is 108 Å². The van der Waals surface area contributed by atoms with Gasteiger partial charge in [-0.3, -0.25) is 14.5 Å². The number of hydrogen-bond donors (Lipinski definition) is 0. The molecule has 0 spiro atoms. The van der Waals surface area contributed by atoms with Crippen LogP contribution in [-0.4, -0.2) is 21.1 Å². The molecule has 0 bridgehead atoms. The van der Waals surface area contributed by atoms with E-state index >= 15 is 0 Å². The number of rotatable bonds is 3. The summed E-state index contributed by atoms with van der Waals surface area (Å²) in [5, 5.41) is 6.42. The summed E-state index contributed by atoms with van der Waals surface area (Å²) in [5.74, 6) is 0. The van der Waals surface area contributed by atoms with E-state index in [1.165, 1.54) is 0 Å². The van der Waals surface area contributed by atoms with Crippen LogP contribution in [0.4, 0.5) is 0 Å². The maximum absolute atomic E-state index is 11.1. The highest BCUT2D eigenvalue weighted by atomic mass is 32.1. The fourth-order valence-electron chi connectivity index (χ4n) is 1.89. The van der Waals surface area contributed by atoms with Gasteiger partial charge in [-0.2, -0.15) is 5.10 Å². The Kier molecular flexibility index (Phi) is 2.68. The van der Waals surface area contributed by atoms with E-state index in [2.05, 4.69) is 10.1 Å². The summed E-state index contributed by atoms with van der Waals surface area (Å²) >= 11 is 1.64. The maximum atomic E-state index is 11.1. The van der Waals surface area contributed by atoms with Crippen molar-refractivity contribution in [1.82, 2.24) is 14.8 Å². The molecule has 0 aliphatic heterocycles. The molecule has 18 heavy (non-hydrogen) atoms. The number of aromatic nitrogens is 3. The smallest absolute Gasteiger partial charge is 0.153 e. The average molecular weight is 257 g/mol. The molecule has 4 nitrogen and oxygen atoms in total. The first-order chi connectivity index (χ1) is 8.81. The third kappa shape index (κ3) is 1.73. The summed E-state index contributed by atoms with van der Waals surface area (Å²) in [5.41, 5.74) is 3.18. The van der Waals surface area contributed by atoms with Gasteiger partial charge in [0.2, 0.25) is 0 Å². The van der Waals surface area contributed by atoms with Crippen LogP contribution in [0.1, 0.15) is 17.3 Å². The van der Waals surface area contributed by atoms with Crippen LogP contribution in [0.2, 0.25) is 0 Å². The van der Waals surface area contributed by atoms with Crippen LogP contribution in [0.15, 0.2) is 29.9 Å².